The third-order valence-electron chi connectivity index (χ3n) is 8.04. The summed E-state index contributed by atoms with van der Waals surface area (Å²) >= 11 is 0. The van der Waals surface area contributed by atoms with Crippen molar-refractivity contribution in [2.24, 2.45) is 0 Å². The van der Waals surface area contributed by atoms with Gasteiger partial charge in [0.15, 0.2) is 0 Å². The third-order valence-corrected chi connectivity index (χ3v) is 8.04. The quantitative estimate of drug-likeness (QED) is 0.270. The zero-order valence-corrected chi connectivity index (χ0v) is 24.8. The van der Waals surface area contributed by atoms with Gasteiger partial charge in [-0.1, -0.05) is 54.6 Å². The number of hydrogen-bond acceptors (Lipinski definition) is 6. The molecule has 3 N–H and O–H groups in total. The maximum absolute atomic E-state index is 12.7. The van der Waals surface area contributed by atoms with Crippen molar-refractivity contribution in [1.29, 1.82) is 0 Å². The van der Waals surface area contributed by atoms with Gasteiger partial charge >= 0.3 is 6.09 Å². The van der Waals surface area contributed by atoms with Crippen molar-refractivity contribution < 1.29 is 19.1 Å². The maximum atomic E-state index is 12.7. The first-order valence-corrected chi connectivity index (χ1v) is 15.2. The van der Waals surface area contributed by atoms with Gasteiger partial charge in [0.25, 0.3) is 5.91 Å². The molecule has 1 saturated carbocycles. The van der Waals surface area contributed by atoms with E-state index in [1.54, 1.807) is 24.3 Å². The van der Waals surface area contributed by atoms with Gasteiger partial charge in [0.1, 0.15) is 6.10 Å². The molecule has 0 unspecified atom stereocenters. The predicted octanol–water partition coefficient (Wildman–Crippen LogP) is 5.22. The Morgan fingerprint density at radius 1 is 0.884 bits per heavy atom. The number of para-hydroxylation sites is 1. The zero-order chi connectivity index (χ0) is 30.0. The van der Waals surface area contributed by atoms with E-state index in [-0.39, 0.29) is 17.9 Å². The van der Waals surface area contributed by atoms with E-state index in [1.807, 2.05) is 54.6 Å². The molecule has 3 aromatic rings. The highest BCUT2D eigenvalue weighted by Gasteiger charge is 2.26. The van der Waals surface area contributed by atoms with Crippen LogP contribution in [0, 0.1) is 0 Å². The Labute approximate surface area is 253 Å². The molecular weight excluding hydrogens is 542 g/mol. The van der Waals surface area contributed by atoms with Crippen molar-refractivity contribution in [2.45, 2.75) is 44.2 Å². The number of carbonyl (C=O) groups excluding carboxylic acids is 3. The molecule has 9 nitrogen and oxygen atoms in total. The van der Waals surface area contributed by atoms with Crippen LogP contribution >= 0.6 is 0 Å². The summed E-state index contributed by atoms with van der Waals surface area (Å²) in [5.41, 5.74) is 3.82. The smallest absolute Gasteiger partial charge is 0.411 e. The van der Waals surface area contributed by atoms with Crippen LogP contribution in [-0.2, 0) is 9.53 Å². The molecular formula is C34H41N5O4. The molecule has 1 aliphatic heterocycles. The molecule has 0 radical (unpaired) electrons. The number of carbonyl (C=O) groups is 3. The first-order valence-electron chi connectivity index (χ1n) is 15.2. The number of ether oxygens (including phenoxy) is 1. The Morgan fingerprint density at radius 2 is 1.63 bits per heavy atom. The van der Waals surface area contributed by atoms with Crippen LogP contribution in [0.15, 0.2) is 78.9 Å². The van der Waals surface area contributed by atoms with Gasteiger partial charge in [-0.2, -0.15) is 0 Å². The van der Waals surface area contributed by atoms with E-state index in [2.05, 4.69) is 32.8 Å². The van der Waals surface area contributed by atoms with Gasteiger partial charge in [0, 0.05) is 62.0 Å². The van der Waals surface area contributed by atoms with Crippen molar-refractivity contribution in [3.63, 3.8) is 0 Å². The Balaban J connectivity index is 1.00. The van der Waals surface area contributed by atoms with Crippen LogP contribution in [0.25, 0.3) is 11.1 Å². The minimum Gasteiger partial charge on any atom is -0.446 e. The fourth-order valence-corrected chi connectivity index (χ4v) is 5.37. The van der Waals surface area contributed by atoms with Crippen LogP contribution in [-0.4, -0.2) is 79.6 Å². The second-order valence-electron chi connectivity index (χ2n) is 11.3. The summed E-state index contributed by atoms with van der Waals surface area (Å²) in [4.78, 5) is 42.4. The highest BCUT2D eigenvalue weighted by molar-refractivity contribution is 5.97. The highest BCUT2D eigenvalue weighted by Crippen LogP contribution is 2.28. The lowest BCUT2D eigenvalue weighted by atomic mass is 10.0. The molecule has 1 aliphatic carbocycles. The molecule has 3 amide bonds. The summed E-state index contributed by atoms with van der Waals surface area (Å²) in [6.07, 6.45) is 3.62. The van der Waals surface area contributed by atoms with Gasteiger partial charge in [-0.15, -0.1) is 0 Å². The van der Waals surface area contributed by atoms with E-state index in [1.165, 1.54) is 12.8 Å². The van der Waals surface area contributed by atoms with Crippen molar-refractivity contribution in [3.05, 3.63) is 84.4 Å². The number of likely N-dealkylation sites (tertiary alicyclic amines) is 1. The highest BCUT2D eigenvalue weighted by atomic mass is 16.6. The number of amides is 3. The van der Waals surface area contributed by atoms with Crippen molar-refractivity contribution in [2.75, 3.05) is 50.4 Å². The number of anilines is 2. The van der Waals surface area contributed by atoms with Crippen LogP contribution in [0.1, 0.15) is 42.5 Å². The predicted molar refractivity (Wildman–Crippen MR) is 169 cm³/mol. The van der Waals surface area contributed by atoms with Gasteiger partial charge in [0.2, 0.25) is 5.91 Å². The lowest BCUT2D eigenvalue weighted by molar-refractivity contribution is -0.116. The van der Waals surface area contributed by atoms with Gasteiger partial charge in [-0.3, -0.25) is 14.9 Å². The van der Waals surface area contributed by atoms with E-state index < -0.39 is 6.09 Å². The molecule has 2 fully saturated rings. The standard InChI is InChI=1S/C34H41N5O4/c1-38(28-14-15-28)23-19-35-33(41)26-10-7-11-27(24-26)36-32(40)18-22-39-20-16-29(17-21-39)43-34(42)37-31-13-6-5-12-30(31)25-8-3-2-4-9-25/h2-13,24,28-29H,14-23H2,1H3,(H,35,41)(H,36,40)(H,37,42). The third kappa shape index (κ3) is 9.14. The average molecular weight is 584 g/mol. The van der Waals surface area contributed by atoms with E-state index in [0.717, 1.165) is 30.8 Å². The molecule has 9 heteroatoms. The van der Waals surface area contributed by atoms with E-state index in [9.17, 15) is 14.4 Å². The fraction of sp³-hybridized carbons (Fsp3) is 0.382. The first-order chi connectivity index (χ1) is 20.9. The number of rotatable bonds is 12. The lowest BCUT2D eigenvalue weighted by Crippen LogP contribution is -2.39. The largest absolute Gasteiger partial charge is 0.446 e. The Morgan fingerprint density at radius 3 is 2.40 bits per heavy atom. The number of nitrogens with zero attached hydrogens (tertiary/aromatic N) is 2. The van der Waals surface area contributed by atoms with Crippen molar-refractivity contribution in [1.82, 2.24) is 15.1 Å². The summed E-state index contributed by atoms with van der Waals surface area (Å²) < 4.78 is 5.73. The van der Waals surface area contributed by atoms with Gasteiger partial charge in [-0.25, -0.2) is 4.79 Å². The minimum atomic E-state index is -0.456. The van der Waals surface area contributed by atoms with Crippen LogP contribution in [0.5, 0.6) is 0 Å². The summed E-state index contributed by atoms with van der Waals surface area (Å²) in [6.45, 7) is 3.53. The minimum absolute atomic E-state index is 0.0987. The second-order valence-corrected chi connectivity index (χ2v) is 11.3. The van der Waals surface area contributed by atoms with Crippen molar-refractivity contribution >= 4 is 29.3 Å². The molecule has 3 aromatic carbocycles. The number of likely N-dealkylation sites (N-methyl/N-ethyl adjacent to an activating group) is 1. The normalized spacial score (nSPS) is 15.6. The van der Waals surface area contributed by atoms with Crippen LogP contribution < -0.4 is 16.0 Å². The summed E-state index contributed by atoms with van der Waals surface area (Å²) in [5.74, 6) is -0.238. The lowest BCUT2D eigenvalue weighted by Gasteiger charge is -2.31. The summed E-state index contributed by atoms with van der Waals surface area (Å²) in [5, 5.41) is 8.79. The Bertz CT molecular complexity index is 1390. The SMILES string of the molecule is CN(CCNC(=O)c1cccc(NC(=O)CCN2CCC(OC(=O)Nc3ccccc3-c3ccccc3)CC2)c1)C1CC1. The van der Waals surface area contributed by atoms with Crippen LogP contribution in [0.4, 0.5) is 16.2 Å². The topological polar surface area (TPSA) is 103 Å². The average Bonchev–Trinajstić information content (AvgIpc) is 3.87. The van der Waals surface area contributed by atoms with Gasteiger partial charge < -0.3 is 25.2 Å². The summed E-state index contributed by atoms with van der Waals surface area (Å²) in [6, 6.07) is 25.3. The molecule has 0 atom stereocenters. The Kier molecular flexibility index (Phi) is 10.4. The number of nitrogens with one attached hydrogen (secondary N) is 3. The fourth-order valence-electron chi connectivity index (χ4n) is 5.37. The van der Waals surface area contributed by atoms with E-state index in [4.69, 9.17) is 4.74 Å². The second kappa shape index (κ2) is 14.8. The molecule has 0 aromatic heterocycles. The molecule has 1 heterocycles. The van der Waals surface area contributed by atoms with Gasteiger partial charge in [0.05, 0.1) is 5.69 Å². The van der Waals surface area contributed by atoms with Crippen LogP contribution in [0.3, 0.4) is 0 Å². The molecule has 0 spiro atoms. The van der Waals surface area contributed by atoms with E-state index >= 15 is 0 Å². The molecule has 5 rings (SSSR count). The molecule has 2 aliphatic rings. The van der Waals surface area contributed by atoms with Crippen molar-refractivity contribution in [3.8, 4) is 11.1 Å². The number of piperidine rings is 1. The Hall–Kier alpha value is -4.21. The summed E-state index contributed by atoms with van der Waals surface area (Å²) in [7, 11) is 2.09. The monoisotopic (exact) mass is 583 g/mol. The molecule has 226 valence electrons. The maximum Gasteiger partial charge on any atom is 0.411 e. The zero-order valence-electron chi connectivity index (χ0n) is 24.8. The van der Waals surface area contributed by atoms with E-state index in [0.29, 0.717) is 55.3 Å². The van der Waals surface area contributed by atoms with Gasteiger partial charge in [-0.05, 0) is 62.6 Å². The number of benzene rings is 3. The molecule has 43 heavy (non-hydrogen) atoms. The van der Waals surface area contributed by atoms with Crippen LogP contribution in [0.2, 0.25) is 0 Å². The number of hydrogen-bond donors (Lipinski definition) is 3. The molecule has 1 saturated heterocycles. The first kappa shape index (κ1) is 30.3. The molecule has 0 bridgehead atoms.